The van der Waals surface area contributed by atoms with Gasteiger partial charge in [0.1, 0.15) is 5.76 Å². The van der Waals surface area contributed by atoms with E-state index in [1.807, 2.05) is 17.9 Å². The Kier molecular flexibility index (Phi) is 5.03. The minimum absolute atomic E-state index is 0.00933. The van der Waals surface area contributed by atoms with Crippen molar-refractivity contribution in [3.05, 3.63) is 62.4 Å². The van der Waals surface area contributed by atoms with E-state index in [1.54, 1.807) is 35.0 Å². The Morgan fingerprint density at radius 1 is 1.28 bits per heavy atom. The Bertz CT molecular complexity index is 1130. The zero-order valence-corrected chi connectivity index (χ0v) is 18.0. The molecule has 6 nitrogen and oxygen atoms in total. The lowest BCUT2D eigenvalue weighted by Gasteiger charge is -2.35. The topological polar surface area (TPSA) is 72.4 Å². The molecule has 1 aliphatic heterocycles. The van der Waals surface area contributed by atoms with Crippen LogP contribution >= 0.6 is 34.4 Å². The number of aryl methyl sites for hydroxylation is 1. The predicted molar refractivity (Wildman–Crippen MR) is 113 cm³/mol. The third-order valence-corrected chi connectivity index (χ3v) is 7.64. The fourth-order valence-corrected chi connectivity index (χ4v) is 5.94. The molecular weight excluding hydrogens is 426 g/mol. The molecule has 0 saturated heterocycles. The third kappa shape index (κ3) is 3.54. The van der Waals surface area contributed by atoms with Gasteiger partial charge in [0.05, 0.1) is 23.6 Å². The normalized spacial score (nSPS) is 16.2. The van der Waals surface area contributed by atoms with Gasteiger partial charge in [0.2, 0.25) is 5.91 Å². The van der Waals surface area contributed by atoms with Crippen LogP contribution in [0.3, 0.4) is 0 Å². The molecule has 5 rings (SSSR count). The number of thiophene rings is 2. The highest BCUT2D eigenvalue weighted by atomic mass is 32.2. The van der Waals surface area contributed by atoms with Crippen molar-refractivity contribution in [2.24, 2.45) is 0 Å². The summed E-state index contributed by atoms with van der Waals surface area (Å²) in [4.78, 5) is 17.6. The van der Waals surface area contributed by atoms with Gasteiger partial charge in [-0.3, -0.25) is 4.79 Å². The first-order chi connectivity index (χ1) is 14.2. The van der Waals surface area contributed by atoms with E-state index in [0.29, 0.717) is 11.1 Å². The van der Waals surface area contributed by atoms with Crippen LogP contribution in [0.4, 0.5) is 0 Å². The van der Waals surface area contributed by atoms with Crippen LogP contribution in [0.5, 0.6) is 0 Å². The SMILES string of the molecule is Cc1occc1-c1nnc(SCC(=O)N2CCc3sccc3C2c2cccs2)o1. The van der Waals surface area contributed by atoms with Gasteiger partial charge in [0.15, 0.2) is 0 Å². The second kappa shape index (κ2) is 7.81. The molecule has 9 heteroatoms. The Balaban J connectivity index is 1.32. The average Bonchev–Trinajstić information content (AvgIpc) is 3.52. The fraction of sp³-hybridized carbons (Fsp3) is 0.250. The van der Waals surface area contributed by atoms with Gasteiger partial charge in [-0.1, -0.05) is 17.8 Å². The second-order valence-electron chi connectivity index (χ2n) is 6.61. The molecule has 29 heavy (non-hydrogen) atoms. The lowest BCUT2D eigenvalue weighted by atomic mass is 9.98. The van der Waals surface area contributed by atoms with Crippen molar-refractivity contribution < 1.29 is 13.6 Å². The van der Waals surface area contributed by atoms with E-state index in [1.165, 1.54) is 27.1 Å². The summed E-state index contributed by atoms with van der Waals surface area (Å²) in [7, 11) is 0. The van der Waals surface area contributed by atoms with E-state index < -0.39 is 0 Å². The van der Waals surface area contributed by atoms with Crippen LogP contribution in [-0.4, -0.2) is 33.3 Å². The maximum absolute atomic E-state index is 13.1. The van der Waals surface area contributed by atoms with Gasteiger partial charge in [-0.15, -0.1) is 32.9 Å². The highest BCUT2D eigenvalue weighted by Crippen LogP contribution is 2.40. The van der Waals surface area contributed by atoms with Gasteiger partial charge in [0.25, 0.3) is 11.1 Å². The van der Waals surface area contributed by atoms with E-state index in [2.05, 4.69) is 33.1 Å². The molecule has 1 atom stereocenters. The number of carbonyl (C=O) groups excluding carboxylic acids is 1. The summed E-state index contributed by atoms with van der Waals surface area (Å²) in [6.07, 6.45) is 2.49. The van der Waals surface area contributed by atoms with Crippen molar-refractivity contribution in [2.75, 3.05) is 12.3 Å². The van der Waals surface area contributed by atoms with Crippen LogP contribution in [0.2, 0.25) is 0 Å². The number of furan rings is 1. The minimum atomic E-state index is -0.00933. The molecular formula is C20H17N3O3S3. The molecule has 1 aliphatic rings. The van der Waals surface area contributed by atoms with Crippen LogP contribution < -0.4 is 0 Å². The van der Waals surface area contributed by atoms with Crippen molar-refractivity contribution in [1.29, 1.82) is 0 Å². The zero-order valence-electron chi connectivity index (χ0n) is 15.5. The van der Waals surface area contributed by atoms with Gasteiger partial charge in [-0.25, -0.2) is 0 Å². The Labute approximate surface area is 179 Å². The zero-order chi connectivity index (χ0) is 19.8. The molecule has 1 unspecified atom stereocenters. The summed E-state index contributed by atoms with van der Waals surface area (Å²) in [5.41, 5.74) is 2.02. The molecule has 0 bridgehead atoms. The van der Waals surface area contributed by atoms with E-state index in [-0.39, 0.29) is 17.7 Å². The van der Waals surface area contributed by atoms with Gasteiger partial charge in [-0.05, 0) is 47.9 Å². The Hall–Kier alpha value is -2.36. The Morgan fingerprint density at radius 2 is 2.21 bits per heavy atom. The monoisotopic (exact) mass is 443 g/mol. The first-order valence-electron chi connectivity index (χ1n) is 9.10. The number of amides is 1. The lowest BCUT2D eigenvalue weighted by molar-refractivity contribution is -0.130. The van der Waals surface area contributed by atoms with Crippen LogP contribution in [0.15, 0.2) is 55.3 Å². The maximum atomic E-state index is 13.1. The van der Waals surface area contributed by atoms with Crippen molar-refractivity contribution in [3.63, 3.8) is 0 Å². The van der Waals surface area contributed by atoms with Crippen LogP contribution in [0.25, 0.3) is 11.5 Å². The molecule has 5 heterocycles. The van der Waals surface area contributed by atoms with E-state index in [0.717, 1.165) is 24.3 Å². The van der Waals surface area contributed by atoms with Gasteiger partial charge < -0.3 is 13.7 Å². The summed E-state index contributed by atoms with van der Waals surface area (Å²) in [6.45, 7) is 2.56. The second-order valence-corrected chi connectivity index (χ2v) is 9.51. The van der Waals surface area contributed by atoms with E-state index in [4.69, 9.17) is 8.83 Å². The molecule has 0 radical (unpaired) electrons. The number of thioether (sulfide) groups is 1. The number of fused-ring (bicyclic) bond motifs is 1. The molecule has 0 aromatic carbocycles. The van der Waals surface area contributed by atoms with Crippen LogP contribution in [0, 0.1) is 6.92 Å². The summed E-state index contributed by atoms with van der Waals surface area (Å²) >= 11 is 4.74. The lowest BCUT2D eigenvalue weighted by Crippen LogP contribution is -2.40. The van der Waals surface area contributed by atoms with Crippen molar-refractivity contribution >= 4 is 40.3 Å². The highest BCUT2D eigenvalue weighted by Gasteiger charge is 2.33. The van der Waals surface area contributed by atoms with Gasteiger partial charge in [-0.2, -0.15) is 0 Å². The van der Waals surface area contributed by atoms with E-state index in [9.17, 15) is 4.79 Å². The van der Waals surface area contributed by atoms with Crippen molar-refractivity contribution in [3.8, 4) is 11.5 Å². The molecule has 0 N–H and O–H groups in total. The minimum Gasteiger partial charge on any atom is -0.469 e. The summed E-state index contributed by atoms with van der Waals surface area (Å²) < 4.78 is 11.0. The number of hydrogen-bond donors (Lipinski definition) is 0. The van der Waals surface area contributed by atoms with Crippen LogP contribution in [-0.2, 0) is 11.2 Å². The quantitative estimate of drug-likeness (QED) is 0.403. The van der Waals surface area contributed by atoms with E-state index >= 15 is 0 Å². The first-order valence-corrected chi connectivity index (χ1v) is 11.8. The summed E-state index contributed by atoms with van der Waals surface area (Å²) in [5.74, 6) is 1.46. The number of hydrogen-bond acceptors (Lipinski definition) is 8. The number of rotatable bonds is 5. The van der Waals surface area contributed by atoms with Gasteiger partial charge >= 0.3 is 0 Å². The molecule has 0 saturated carbocycles. The van der Waals surface area contributed by atoms with Crippen LogP contribution in [0.1, 0.15) is 27.1 Å². The molecule has 148 valence electrons. The molecule has 1 amide bonds. The summed E-state index contributed by atoms with van der Waals surface area (Å²) in [6, 6.07) is 8.07. The molecule has 0 fully saturated rings. The largest absolute Gasteiger partial charge is 0.469 e. The fourth-order valence-electron chi connectivity index (χ4n) is 3.53. The predicted octanol–water partition coefficient (Wildman–Crippen LogP) is 5.03. The average molecular weight is 444 g/mol. The summed E-state index contributed by atoms with van der Waals surface area (Å²) in [5, 5.41) is 12.7. The number of carbonyl (C=O) groups is 1. The maximum Gasteiger partial charge on any atom is 0.277 e. The molecule has 4 aromatic heterocycles. The van der Waals surface area contributed by atoms with Crippen molar-refractivity contribution in [1.82, 2.24) is 15.1 Å². The molecule has 0 spiro atoms. The molecule has 4 aromatic rings. The highest BCUT2D eigenvalue weighted by molar-refractivity contribution is 7.99. The van der Waals surface area contributed by atoms with Crippen molar-refractivity contribution in [2.45, 2.75) is 24.6 Å². The smallest absolute Gasteiger partial charge is 0.277 e. The standard InChI is InChI=1S/C20H17N3O3S3/c1-12-13(5-8-25-12)19-21-22-20(26-19)29-11-17(24)23-7-4-15-14(6-10-28-15)18(23)16-3-2-9-27-16/h2-3,5-6,8-10,18H,4,7,11H2,1H3. The third-order valence-electron chi connectivity index (χ3n) is 4.91. The van der Waals surface area contributed by atoms with Gasteiger partial charge in [0, 0.05) is 16.3 Å². The first kappa shape index (κ1) is 18.7. The molecule has 0 aliphatic carbocycles. The Morgan fingerprint density at radius 3 is 3.00 bits per heavy atom. The number of aromatic nitrogens is 2. The number of nitrogens with zero attached hydrogens (tertiary/aromatic N) is 3.